The molecule has 0 aromatic rings. The van der Waals surface area contributed by atoms with Gasteiger partial charge in [-0.1, -0.05) is 326 Å². The zero-order valence-corrected chi connectivity index (χ0v) is 53.2. The molecule has 0 fully saturated rings. The highest BCUT2D eigenvalue weighted by Crippen LogP contribution is 2.18. The van der Waals surface area contributed by atoms with Gasteiger partial charge in [0.1, 0.15) is 13.2 Å². The van der Waals surface area contributed by atoms with Crippen LogP contribution in [0.5, 0.6) is 0 Å². The molecule has 0 N–H and O–H groups in total. The minimum absolute atomic E-state index is 0.0691. The van der Waals surface area contributed by atoms with Gasteiger partial charge in [-0.15, -0.1) is 0 Å². The summed E-state index contributed by atoms with van der Waals surface area (Å²) in [4.78, 5) is 38.0. The monoisotopic (exact) mass is 1110 g/mol. The topological polar surface area (TPSA) is 78.9 Å². The van der Waals surface area contributed by atoms with Crippen LogP contribution >= 0.6 is 0 Å². The van der Waals surface area contributed by atoms with Crippen molar-refractivity contribution in [3.63, 3.8) is 0 Å². The van der Waals surface area contributed by atoms with Crippen LogP contribution in [0.3, 0.4) is 0 Å². The second kappa shape index (κ2) is 67.9. The molecule has 1 atom stereocenters. The fraction of sp³-hybridized carbons (Fsp3) is 0.849. The fourth-order valence-electron chi connectivity index (χ4n) is 10.5. The molecule has 0 aliphatic rings. The maximum absolute atomic E-state index is 12.8. The van der Waals surface area contributed by atoms with E-state index in [1.165, 1.54) is 263 Å². The average molecular weight is 1110 g/mol. The molecule has 0 radical (unpaired) electrons. The van der Waals surface area contributed by atoms with Gasteiger partial charge in [0.05, 0.1) is 0 Å². The van der Waals surface area contributed by atoms with Crippen molar-refractivity contribution in [3.05, 3.63) is 48.6 Å². The normalized spacial score (nSPS) is 12.3. The lowest BCUT2D eigenvalue weighted by molar-refractivity contribution is -0.167. The number of hydrogen-bond donors (Lipinski definition) is 0. The quantitative estimate of drug-likeness (QED) is 0.0261. The molecule has 1 unspecified atom stereocenters. The van der Waals surface area contributed by atoms with E-state index in [9.17, 15) is 14.4 Å². The van der Waals surface area contributed by atoms with E-state index in [-0.39, 0.29) is 31.1 Å². The third-order valence-corrected chi connectivity index (χ3v) is 15.8. The minimum Gasteiger partial charge on any atom is -0.462 e. The lowest BCUT2D eigenvalue weighted by Gasteiger charge is -2.18. The van der Waals surface area contributed by atoms with E-state index in [1.807, 2.05) is 0 Å². The third-order valence-electron chi connectivity index (χ3n) is 15.8. The first-order valence-corrected chi connectivity index (χ1v) is 35.1. The Morgan fingerprint density at radius 3 is 0.722 bits per heavy atom. The number of allylic oxidation sites excluding steroid dienone is 8. The fourth-order valence-corrected chi connectivity index (χ4v) is 10.5. The lowest BCUT2D eigenvalue weighted by Crippen LogP contribution is -2.30. The molecule has 0 aromatic carbocycles. The van der Waals surface area contributed by atoms with E-state index in [4.69, 9.17) is 14.2 Å². The van der Waals surface area contributed by atoms with Gasteiger partial charge in [-0.25, -0.2) is 0 Å². The molecule has 462 valence electrons. The molecule has 0 aromatic heterocycles. The van der Waals surface area contributed by atoms with E-state index in [1.54, 1.807) is 0 Å². The highest BCUT2D eigenvalue weighted by atomic mass is 16.6. The Bertz CT molecular complexity index is 1360. The summed E-state index contributed by atoms with van der Waals surface area (Å²) in [6, 6.07) is 0. The van der Waals surface area contributed by atoms with E-state index in [2.05, 4.69) is 69.4 Å². The van der Waals surface area contributed by atoms with Gasteiger partial charge in [0.25, 0.3) is 0 Å². The minimum atomic E-state index is -0.768. The molecule has 79 heavy (non-hydrogen) atoms. The molecule has 0 bridgehead atoms. The van der Waals surface area contributed by atoms with Crippen LogP contribution in [0.4, 0.5) is 0 Å². The van der Waals surface area contributed by atoms with Crippen molar-refractivity contribution in [2.24, 2.45) is 0 Å². The van der Waals surface area contributed by atoms with E-state index < -0.39 is 6.10 Å². The number of carbonyl (C=O) groups excluding carboxylic acids is 3. The van der Waals surface area contributed by atoms with Crippen LogP contribution in [-0.4, -0.2) is 37.2 Å². The van der Waals surface area contributed by atoms with Crippen molar-refractivity contribution < 1.29 is 28.6 Å². The molecule has 0 aliphatic carbocycles. The van der Waals surface area contributed by atoms with E-state index in [0.29, 0.717) is 19.3 Å². The van der Waals surface area contributed by atoms with Crippen molar-refractivity contribution in [2.45, 2.75) is 386 Å². The predicted octanol–water partition coefficient (Wildman–Crippen LogP) is 24.1. The van der Waals surface area contributed by atoms with Gasteiger partial charge in [0, 0.05) is 19.3 Å². The number of carbonyl (C=O) groups is 3. The van der Waals surface area contributed by atoms with Gasteiger partial charge in [-0.2, -0.15) is 0 Å². The first-order valence-electron chi connectivity index (χ1n) is 35.1. The Morgan fingerprint density at radius 1 is 0.253 bits per heavy atom. The largest absolute Gasteiger partial charge is 0.462 e. The van der Waals surface area contributed by atoms with Crippen molar-refractivity contribution in [1.82, 2.24) is 0 Å². The average Bonchev–Trinajstić information content (AvgIpc) is 3.45. The number of esters is 3. The van der Waals surface area contributed by atoms with Crippen LogP contribution < -0.4 is 0 Å². The standard InChI is InChI=1S/C73H134O6/c1-4-7-10-13-15-17-19-21-23-25-27-29-31-32-33-34-35-36-37-38-39-40-42-43-45-47-49-51-53-55-57-60-63-66-72(75)78-69-70(68-77-71(74)65-62-59-12-9-6-3)79-73(76)67-64-61-58-56-54-52-50-48-46-44-41-30-28-26-24-22-20-18-16-14-11-8-5-2/h19,21,25-28,31-32,70H,4-18,20,22-24,29-30,33-69H2,1-3H3/b21-19-,27-25-,28-26-,32-31-. The van der Waals surface area contributed by atoms with Crippen LogP contribution in [0.2, 0.25) is 0 Å². The summed E-state index contributed by atoms with van der Waals surface area (Å²) in [6.07, 6.45) is 86.3. The molecule has 6 heteroatoms. The summed E-state index contributed by atoms with van der Waals surface area (Å²) in [5.74, 6) is -0.862. The maximum Gasteiger partial charge on any atom is 0.306 e. The van der Waals surface area contributed by atoms with E-state index in [0.717, 1.165) is 77.0 Å². The van der Waals surface area contributed by atoms with Crippen LogP contribution in [-0.2, 0) is 28.6 Å². The first kappa shape index (κ1) is 76.4. The highest BCUT2D eigenvalue weighted by Gasteiger charge is 2.19. The van der Waals surface area contributed by atoms with Gasteiger partial charge in [0.15, 0.2) is 6.10 Å². The number of rotatable bonds is 65. The molecule has 0 heterocycles. The van der Waals surface area contributed by atoms with Crippen molar-refractivity contribution in [1.29, 1.82) is 0 Å². The van der Waals surface area contributed by atoms with Crippen LogP contribution in [0.25, 0.3) is 0 Å². The number of hydrogen-bond acceptors (Lipinski definition) is 6. The summed E-state index contributed by atoms with van der Waals surface area (Å²) in [5, 5.41) is 0. The molecule has 6 nitrogen and oxygen atoms in total. The highest BCUT2D eigenvalue weighted by molar-refractivity contribution is 5.71. The van der Waals surface area contributed by atoms with Crippen LogP contribution in [0.1, 0.15) is 380 Å². The Hall–Kier alpha value is -2.63. The SMILES string of the molecule is CCCCCCC/C=C\C/C=C\C/C=C\CCCCCCCCCCCCCCCCCCCCC(=O)OCC(COC(=O)CCCCCCC)OC(=O)CCCCCCCCCCCCC/C=C\CCCCCCCCCC. The molecule has 0 amide bonds. The summed E-state index contributed by atoms with van der Waals surface area (Å²) in [7, 11) is 0. The second-order valence-electron chi connectivity index (χ2n) is 23.8. The summed E-state index contributed by atoms with van der Waals surface area (Å²) in [6.45, 7) is 6.60. The molecular formula is C73H134O6. The van der Waals surface area contributed by atoms with Crippen LogP contribution in [0.15, 0.2) is 48.6 Å². The first-order chi connectivity index (χ1) is 39.0. The molecule has 0 saturated heterocycles. The Balaban J connectivity index is 3.92. The summed E-state index contributed by atoms with van der Waals surface area (Å²) < 4.78 is 16.8. The van der Waals surface area contributed by atoms with Crippen molar-refractivity contribution in [2.75, 3.05) is 13.2 Å². The Kier molecular flexibility index (Phi) is 65.6. The van der Waals surface area contributed by atoms with Gasteiger partial charge >= 0.3 is 17.9 Å². The maximum atomic E-state index is 12.8. The van der Waals surface area contributed by atoms with Crippen molar-refractivity contribution >= 4 is 17.9 Å². The molecule has 0 rings (SSSR count). The zero-order chi connectivity index (χ0) is 57.1. The van der Waals surface area contributed by atoms with Gasteiger partial charge in [0.2, 0.25) is 0 Å². The van der Waals surface area contributed by atoms with E-state index >= 15 is 0 Å². The van der Waals surface area contributed by atoms with Gasteiger partial charge in [-0.05, 0) is 83.5 Å². The second-order valence-corrected chi connectivity index (χ2v) is 23.8. The molecule has 0 aliphatic heterocycles. The molecule has 0 saturated carbocycles. The summed E-state index contributed by atoms with van der Waals surface area (Å²) >= 11 is 0. The number of unbranched alkanes of at least 4 members (excludes halogenated alkanes) is 46. The van der Waals surface area contributed by atoms with Gasteiger partial charge in [-0.3, -0.25) is 14.4 Å². The molecular weight excluding hydrogens is 973 g/mol. The Labute approximate surface area is 492 Å². The zero-order valence-electron chi connectivity index (χ0n) is 53.2. The lowest BCUT2D eigenvalue weighted by atomic mass is 10.0. The van der Waals surface area contributed by atoms with Crippen molar-refractivity contribution in [3.8, 4) is 0 Å². The predicted molar refractivity (Wildman–Crippen MR) is 344 cm³/mol. The third kappa shape index (κ3) is 66.1. The molecule has 0 spiro atoms. The Morgan fingerprint density at radius 2 is 0.456 bits per heavy atom. The van der Waals surface area contributed by atoms with Gasteiger partial charge < -0.3 is 14.2 Å². The smallest absolute Gasteiger partial charge is 0.306 e. The van der Waals surface area contributed by atoms with Crippen LogP contribution in [0, 0.1) is 0 Å². The number of ether oxygens (including phenoxy) is 3. The summed E-state index contributed by atoms with van der Waals surface area (Å²) in [5.41, 5.74) is 0.